The Morgan fingerprint density at radius 1 is 1.44 bits per heavy atom. The molecule has 0 spiro atoms. The third-order valence-electron chi connectivity index (χ3n) is 2.45. The van der Waals surface area contributed by atoms with Crippen LogP contribution in [0.2, 0.25) is 0 Å². The standard InChI is InChI=1S/C13H15FN2OS/c1-9-8-18-13(16-9)7-17-12-3-2-10(4-5-15)6-11(12)14/h2-3,6,8H,4-5,7,15H2,1H3. The fourth-order valence-electron chi connectivity index (χ4n) is 1.59. The predicted octanol–water partition coefficient (Wildman–Crippen LogP) is 2.67. The van der Waals surface area contributed by atoms with Crippen LogP contribution in [0.25, 0.3) is 0 Å². The van der Waals surface area contributed by atoms with Crippen LogP contribution in [0, 0.1) is 12.7 Å². The van der Waals surface area contributed by atoms with Crippen molar-refractivity contribution in [1.82, 2.24) is 4.98 Å². The van der Waals surface area contributed by atoms with Gasteiger partial charge in [0.1, 0.15) is 11.6 Å². The maximum atomic E-state index is 13.7. The van der Waals surface area contributed by atoms with Crippen LogP contribution < -0.4 is 10.5 Å². The number of hydrogen-bond acceptors (Lipinski definition) is 4. The first-order valence-corrected chi connectivity index (χ1v) is 6.59. The van der Waals surface area contributed by atoms with Gasteiger partial charge in [0.2, 0.25) is 0 Å². The summed E-state index contributed by atoms with van der Waals surface area (Å²) in [5, 5.41) is 2.79. The molecule has 0 bridgehead atoms. The highest BCUT2D eigenvalue weighted by molar-refractivity contribution is 7.09. The Morgan fingerprint density at radius 3 is 2.89 bits per heavy atom. The molecule has 1 heterocycles. The summed E-state index contributed by atoms with van der Waals surface area (Å²) in [5.41, 5.74) is 7.26. The molecule has 0 aliphatic rings. The van der Waals surface area contributed by atoms with E-state index < -0.39 is 0 Å². The van der Waals surface area contributed by atoms with Gasteiger partial charge in [0, 0.05) is 11.1 Å². The molecular formula is C13H15FN2OS. The molecule has 1 aromatic heterocycles. The molecule has 0 radical (unpaired) electrons. The molecule has 0 atom stereocenters. The maximum Gasteiger partial charge on any atom is 0.165 e. The van der Waals surface area contributed by atoms with Gasteiger partial charge in [-0.05, 0) is 37.6 Å². The van der Waals surface area contributed by atoms with Gasteiger partial charge in [-0.3, -0.25) is 0 Å². The number of ether oxygens (including phenoxy) is 1. The number of aryl methyl sites for hydroxylation is 1. The normalized spacial score (nSPS) is 10.6. The Hall–Kier alpha value is -1.46. The van der Waals surface area contributed by atoms with Crippen molar-refractivity contribution in [2.45, 2.75) is 20.0 Å². The lowest BCUT2D eigenvalue weighted by molar-refractivity contribution is 0.289. The molecule has 96 valence electrons. The van der Waals surface area contributed by atoms with Crippen molar-refractivity contribution >= 4 is 11.3 Å². The molecule has 0 saturated heterocycles. The summed E-state index contributed by atoms with van der Waals surface area (Å²) in [6.45, 7) is 2.73. The summed E-state index contributed by atoms with van der Waals surface area (Å²) < 4.78 is 19.1. The van der Waals surface area contributed by atoms with Crippen molar-refractivity contribution in [3.8, 4) is 5.75 Å². The highest BCUT2D eigenvalue weighted by Gasteiger charge is 2.06. The smallest absolute Gasteiger partial charge is 0.165 e. The van der Waals surface area contributed by atoms with Crippen molar-refractivity contribution in [2.24, 2.45) is 5.73 Å². The third-order valence-corrected chi connectivity index (χ3v) is 3.39. The molecule has 2 aromatic rings. The van der Waals surface area contributed by atoms with Crippen LogP contribution in [0.3, 0.4) is 0 Å². The lowest BCUT2D eigenvalue weighted by Crippen LogP contribution is -2.03. The maximum absolute atomic E-state index is 13.7. The van der Waals surface area contributed by atoms with Crippen LogP contribution in [0.15, 0.2) is 23.6 Å². The van der Waals surface area contributed by atoms with Crippen LogP contribution >= 0.6 is 11.3 Å². The van der Waals surface area contributed by atoms with Crippen LogP contribution in [0.5, 0.6) is 5.75 Å². The molecule has 2 N–H and O–H groups in total. The van der Waals surface area contributed by atoms with Gasteiger partial charge in [-0.25, -0.2) is 9.37 Å². The number of nitrogens with two attached hydrogens (primary N) is 1. The first-order valence-electron chi connectivity index (χ1n) is 5.71. The SMILES string of the molecule is Cc1csc(COc2ccc(CCN)cc2F)n1. The molecule has 18 heavy (non-hydrogen) atoms. The summed E-state index contributed by atoms with van der Waals surface area (Å²) in [5.74, 6) is -0.0992. The van der Waals surface area contributed by atoms with Gasteiger partial charge in [0.15, 0.2) is 11.6 Å². The molecule has 1 aromatic carbocycles. The van der Waals surface area contributed by atoms with Crippen molar-refractivity contribution in [1.29, 1.82) is 0 Å². The first-order chi connectivity index (χ1) is 8.69. The Kier molecular flexibility index (Phi) is 4.28. The quantitative estimate of drug-likeness (QED) is 0.905. The molecule has 0 aliphatic heterocycles. The average molecular weight is 266 g/mol. The van der Waals surface area contributed by atoms with Crippen molar-refractivity contribution < 1.29 is 9.13 Å². The second kappa shape index (κ2) is 5.93. The lowest BCUT2D eigenvalue weighted by Gasteiger charge is -2.07. The van der Waals surface area contributed by atoms with Crippen molar-refractivity contribution in [3.63, 3.8) is 0 Å². The van der Waals surface area contributed by atoms with Gasteiger partial charge in [0.05, 0.1) is 0 Å². The minimum Gasteiger partial charge on any atom is -0.483 e. The molecule has 0 fully saturated rings. The number of hydrogen-bond donors (Lipinski definition) is 1. The summed E-state index contributed by atoms with van der Waals surface area (Å²) >= 11 is 1.51. The minimum absolute atomic E-state index is 0.253. The fourth-order valence-corrected chi connectivity index (χ4v) is 2.28. The summed E-state index contributed by atoms with van der Waals surface area (Å²) in [4.78, 5) is 4.26. The van der Waals surface area contributed by atoms with E-state index in [4.69, 9.17) is 10.5 Å². The van der Waals surface area contributed by atoms with Gasteiger partial charge in [-0.15, -0.1) is 11.3 Å². The predicted molar refractivity (Wildman–Crippen MR) is 70.3 cm³/mol. The zero-order valence-corrected chi connectivity index (χ0v) is 11.0. The Morgan fingerprint density at radius 2 is 2.28 bits per heavy atom. The fraction of sp³-hybridized carbons (Fsp3) is 0.308. The molecule has 3 nitrogen and oxygen atoms in total. The van der Waals surface area contributed by atoms with Gasteiger partial charge in [0.25, 0.3) is 0 Å². The number of benzene rings is 1. The number of rotatable bonds is 5. The lowest BCUT2D eigenvalue weighted by atomic mass is 10.1. The van der Waals surface area contributed by atoms with Gasteiger partial charge < -0.3 is 10.5 Å². The van der Waals surface area contributed by atoms with E-state index in [-0.39, 0.29) is 11.6 Å². The molecule has 2 rings (SSSR count). The molecular weight excluding hydrogens is 251 g/mol. The van der Waals surface area contributed by atoms with Crippen molar-refractivity contribution in [3.05, 3.63) is 45.7 Å². The van der Waals surface area contributed by atoms with Gasteiger partial charge >= 0.3 is 0 Å². The molecule has 5 heteroatoms. The average Bonchev–Trinajstić information content (AvgIpc) is 2.74. The van der Waals surface area contributed by atoms with E-state index in [0.717, 1.165) is 16.3 Å². The van der Waals surface area contributed by atoms with Gasteiger partial charge in [-0.1, -0.05) is 6.07 Å². The van der Waals surface area contributed by atoms with E-state index in [1.165, 1.54) is 17.4 Å². The van der Waals surface area contributed by atoms with Crippen LogP contribution in [-0.2, 0) is 13.0 Å². The van der Waals surface area contributed by atoms with Crippen molar-refractivity contribution in [2.75, 3.05) is 6.54 Å². The highest BCUT2D eigenvalue weighted by Crippen LogP contribution is 2.20. The van der Waals surface area contributed by atoms with Crippen LogP contribution in [0.1, 0.15) is 16.3 Å². The van der Waals surface area contributed by atoms with Crippen LogP contribution in [-0.4, -0.2) is 11.5 Å². The first kappa shape index (κ1) is 13.0. The monoisotopic (exact) mass is 266 g/mol. The molecule has 0 aliphatic carbocycles. The molecule has 0 unspecified atom stereocenters. The highest BCUT2D eigenvalue weighted by atomic mass is 32.1. The summed E-state index contributed by atoms with van der Waals surface area (Å²) in [7, 11) is 0. The summed E-state index contributed by atoms with van der Waals surface area (Å²) in [6, 6.07) is 4.94. The largest absolute Gasteiger partial charge is 0.483 e. The molecule has 0 amide bonds. The topological polar surface area (TPSA) is 48.1 Å². The zero-order valence-electron chi connectivity index (χ0n) is 10.1. The second-order valence-electron chi connectivity index (χ2n) is 3.97. The van der Waals surface area contributed by atoms with E-state index >= 15 is 0 Å². The Labute approximate surface area is 109 Å². The second-order valence-corrected chi connectivity index (χ2v) is 4.92. The molecule has 0 saturated carbocycles. The number of thiazole rings is 1. The third kappa shape index (κ3) is 3.27. The number of halogens is 1. The summed E-state index contributed by atoms with van der Waals surface area (Å²) in [6.07, 6.45) is 0.670. The Balaban J connectivity index is 2.01. The Bertz CT molecular complexity index is 527. The van der Waals surface area contributed by atoms with E-state index in [1.54, 1.807) is 6.07 Å². The minimum atomic E-state index is -0.353. The van der Waals surface area contributed by atoms with E-state index in [2.05, 4.69) is 4.98 Å². The number of aromatic nitrogens is 1. The van der Waals surface area contributed by atoms with Gasteiger partial charge in [-0.2, -0.15) is 0 Å². The zero-order chi connectivity index (χ0) is 13.0. The van der Waals surface area contributed by atoms with E-state index in [9.17, 15) is 4.39 Å². The van der Waals surface area contributed by atoms with Crippen LogP contribution in [0.4, 0.5) is 4.39 Å². The van der Waals surface area contributed by atoms with E-state index in [0.29, 0.717) is 19.6 Å². The van der Waals surface area contributed by atoms with E-state index in [1.807, 2.05) is 18.4 Å². The number of nitrogens with zero attached hydrogens (tertiary/aromatic N) is 1.